The predicted octanol–water partition coefficient (Wildman–Crippen LogP) is 8.62. The highest BCUT2D eigenvalue weighted by atomic mass is 16.5. The van der Waals surface area contributed by atoms with Gasteiger partial charge in [0, 0.05) is 21.9 Å². The molecule has 0 bridgehead atoms. The Labute approximate surface area is 237 Å². The summed E-state index contributed by atoms with van der Waals surface area (Å²) in [6, 6.07) is 42.5. The summed E-state index contributed by atoms with van der Waals surface area (Å²) in [5.41, 5.74) is 6.61. The van der Waals surface area contributed by atoms with E-state index in [1.165, 1.54) is 0 Å². The third-order valence-corrected chi connectivity index (χ3v) is 7.79. The molecule has 4 nitrogen and oxygen atoms in total. The lowest BCUT2D eigenvalue weighted by molar-refractivity contribution is 0.415. The van der Waals surface area contributed by atoms with Gasteiger partial charge in [-0.3, -0.25) is 9.20 Å². The van der Waals surface area contributed by atoms with Gasteiger partial charge in [0.05, 0.1) is 25.4 Å². The van der Waals surface area contributed by atoms with Gasteiger partial charge >= 0.3 is 0 Å². The zero-order valence-electron chi connectivity index (χ0n) is 22.8. The molecular weight excluding hydrogens is 506 g/mol. The fourth-order valence-corrected chi connectivity index (χ4v) is 5.94. The van der Waals surface area contributed by atoms with Crippen LogP contribution in [0.15, 0.2) is 132 Å². The number of methoxy groups -OCH3 is 2. The first-order chi connectivity index (χ1) is 20.2. The molecule has 2 heterocycles. The van der Waals surface area contributed by atoms with Crippen LogP contribution in [0.5, 0.6) is 11.5 Å². The smallest absolute Gasteiger partial charge is 0.263 e. The topological polar surface area (TPSA) is 39.9 Å². The zero-order valence-corrected chi connectivity index (χ0v) is 22.8. The van der Waals surface area contributed by atoms with Crippen molar-refractivity contribution in [2.45, 2.75) is 0 Å². The van der Waals surface area contributed by atoms with Gasteiger partial charge in [0.15, 0.2) is 0 Å². The Hall–Kier alpha value is -5.35. The Morgan fingerprint density at radius 3 is 1.71 bits per heavy atom. The summed E-state index contributed by atoms with van der Waals surface area (Å²) < 4.78 is 13.1. The molecular formula is C37H27NO3. The monoisotopic (exact) mass is 533 g/mol. The number of pyridine rings is 2. The summed E-state index contributed by atoms with van der Waals surface area (Å²) in [5, 5.41) is 3.56. The molecule has 0 saturated heterocycles. The SMILES string of the molecule is COc1ccc(-c2c3ccccc3c(=O)n3c(-c4ccccc4)c(-c4ccccc4)c4cc(OC)ccc4c23)cc1. The second kappa shape index (κ2) is 10.00. The van der Waals surface area contributed by atoms with Crippen molar-refractivity contribution in [2.24, 2.45) is 0 Å². The average Bonchev–Trinajstić information content (AvgIpc) is 3.05. The van der Waals surface area contributed by atoms with Crippen LogP contribution in [0.3, 0.4) is 0 Å². The van der Waals surface area contributed by atoms with E-state index in [1.54, 1.807) is 14.2 Å². The van der Waals surface area contributed by atoms with Crippen LogP contribution in [0.25, 0.3) is 60.6 Å². The van der Waals surface area contributed by atoms with E-state index in [4.69, 9.17) is 9.47 Å². The highest BCUT2D eigenvalue weighted by molar-refractivity contribution is 6.17. The zero-order chi connectivity index (χ0) is 27.9. The van der Waals surface area contributed by atoms with E-state index >= 15 is 0 Å². The molecule has 0 unspecified atom stereocenters. The van der Waals surface area contributed by atoms with Crippen LogP contribution in [0.4, 0.5) is 0 Å². The molecule has 0 fully saturated rings. The number of ether oxygens (including phenoxy) is 2. The highest BCUT2D eigenvalue weighted by Crippen LogP contribution is 2.44. The molecule has 0 aliphatic heterocycles. The Kier molecular flexibility index (Phi) is 6.02. The van der Waals surface area contributed by atoms with E-state index in [1.807, 2.05) is 83.3 Å². The van der Waals surface area contributed by atoms with Gasteiger partial charge in [0.1, 0.15) is 11.5 Å². The molecule has 0 amide bonds. The highest BCUT2D eigenvalue weighted by Gasteiger charge is 2.24. The van der Waals surface area contributed by atoms with Gasteiger partial charge in [0.2, 0.25) is 0 Å². The third-order valence-electron chi connectivity index (χ3n) is 7.79. The lowest BCUT2D eigenvalue weighted by atomic mass is 9.89. The number of hydrogen-bond donors (Lipinski definition) is 0. The Morgan fingerprint density at radius 2 is 1.05 bits per heavy atom. The quantitative estimate of drug-likeness (QED) is 0.164. The molecule has 0 atom stereocenters. The normalized spacial score (nSPS) is 11.3. The van der Waals surface area contributed by atoms with E-state index in [9.17, 15) is 4.79 Å². The minimum atomic E-state index is -0.0541. The van der Waals surface area contributed by atoms with Crippen LogP contribution in [-0.2, 0) is 0 Å². The number of hydrogen-bond acceptors (Lipinski definition) is 3. The maximum atomic E-state index is 14.6. The van der Waals surface area contributed by atoms with Gasteiger partial charge in [-0.2, -0.15) is 0 Å². The van der Waals surface area contributed by atoms with Crippen molar-refractivity contribution in [1.82, 2.24) is 4.40 Å². The maximum Gasteiger partial charge on any atom is 0.263 e. The summed E-state index contributed by atoms with van der Waals surface area (Å²) in [6.07, 6.45) is 0. The molecule has 0 aliphatic rings. The summed E-state index contributed by atoms with van der Waals surface area (Å²) in [7, 11) is 3.35. The third kappa shape index (κ3) is 3.95. The lowest BCUT2D eigenvalue weighted by Gasteiger charge is -2.23. The number of nitrogens with zero attached hydrogens (tertiary/aromatic N) is 1. The van der Waals surface area contributed by atoms with E-state index in [-0.39, 0.29) is 5.56 Å². The Morgan fingerprint density at radius 1 is 0.488 bits per heavy atom. The molecule has 198 valence electrons. The summed E-state index contributed by atoms with van der Waals surface area (Å²) in [6.45, 7) is 0. The van der Waals surface area contributed by atoms with E-state index in [2.05, 4.69) is 48.5 Å². The standard InChI is InChI=1S/C37H27NO3/c1-40-27-19-17-25(18-20-27)33-29-15-9-10-16-31(29)37(39)38-35(26-13-7-4-8-14-26)34(24-11-5-3-6-12-24)32-23-28(41-2)21-22-30(32)36(33)38/h3-23H,1-2H3. The number of fused-ring (bicyclic) bond motifs is 4. The van der Waals surface area contributed by atoms with Gasteiger partial charge in [0.25, 0.3) is 5.56 Å². The number of aromatic nitrogens is 1. The fourth-order valence-electron chi connectivity index (χ4n) is 5.94. The number of benzene rings is 5. The van der Waals surface area contributed by atoms with E-state index < -0.39 is 0 Å². The van der Waals surface area contributed by atoms with E-state index in [0.29, 0.717) is 5.39 Å². The first kappa shape index (κ1) is 24.7. The Balaban J connectivity index is 1.82. The van der Waals surface area contributed by atoms with Crippen molar-refractivity contribution < 1.29 is 9.47 Å². The van der Waals surface area contributed by atoms with Gasteiger partial charge in [-0.05, 0) is 63.9 Å². The molecule has 0 radical (unpaired) electrons. The molecule has 2 aromatic heterocycles. The van der Waals surface area contributed by atoms with Crippen LogP contribution >= 0.6 is 0 Å². The van der Waals surface area contributed by atoms with Crippen molar-refractivity contribution in [3.8, 4) is 45.0 Å². The molecule has 7 aromatic rings. The van der Waals surface area contributed by atoms with Crippen LogP contribution in [0.2, 0.25) is 0 Å². The molecule has 4 heteroatoms. The van der Waals surface area contributed by atoms with Crippen molar-refractivity contribution in [3.63, 3.8) is 0 Å². The van der Waals surface area contributed by atoms with Gasteiger partial charge < -0.3 is 9.47 Å². The van der Waals surface area contributed by atoms with Gasteiger partial charge in [-0.1, -0.05) is 91.0 Å². The minimum absolute atomic E-state index is 0.0541. The van der Waals surface area contributed by atoms with E-state index in [0.717, 1.165) is 66.7 Å². The summed E-state index contributed by atoms with van der Waals surface area (Å²) in [4.78, 5) is 14.6. The van der Waals surface area contributed by atoms with Crippen LogP contribution in [0, 0.1) is 0 Å². The lowest BCUT2D eigenvalue weighted by Crippen LogP contribution is -2.18. The number of rotatable bonds is 5. The average molecular weight is 534 g/mol. The predicted molar refractivity (Wildman–Crippen MR) is 168 cm³/mol. The second-order valence-corrected chi connectivity index (χ2v) is 10.0. The minimum Gasteiger partial charge on any atom is -0.497 e. The second-order valence-electron chi connectivity index (χ2n) is 10.0. The molecule has 7 rings (SSSR count). The van der Waals surface area contributed by atoms with Crippen molar-refractivity contribution in [2.75, 3.05) is 14.2 Å². The fraction of sp³-hybridized carbons (Fsp3) is 0.0541. The van der Waals surface area contributed by atoms with Crippen molar-refractivity contribution in [1.29, 1.82) is 0 Å². The maximum absolute atomic E-state index is 14.6. The molecule has 0 spiro atoms. The molecule has 0 saturated carbocycles. The van der Waals surface area contributed by atoms with Gasteiger partial charge in [-0.25, -0.2) is 0 Å². The van der Waals surface area contributed by atoms with Crippen LogP contribution in [-0.4, -0.2) is 18.6 Å². The first-order valence-corrected chi connectivity index (χ1v) is 13.6. The Bertz CT molecular complexity index is 2110. The summed E-state index contributed by atoms with van der Waals surface area (Å²) in [5.74, 6) is 1.54. The summed E-state index contributed by atoms with van der Waals surface area (Å²) >= 11 is 0. The molecule has 0 N–H and O–H groups in total. The largest absolute Gasteiger partial charge is 0.497 e. The van der Waals surface area contributed by atoms with Crippen LogP contribution < -0.4 is 15.0 Å². The van der Waals surface area contributed by atoms with Gasteiger partial charge in [-0.15, -0.1) is 0 Å². The van der Waals surface area contributed by atoms with Crippen molar-refractivity contribution in [3.05, 3.63) is 138 Å². The first-order valence-electron chi connectivity index (χ1n) is 13.6. The molecule has 0 aliphatic carbocycles. The van der Waals surface area contributed by atoms with Crippen molar-refractivity contribution >= 4 is 27.1 Å². The molecule has 5 aromatic carbocycles. The molecule has 41 heavy (non-hydrogen) atoms. The van der Waals surface area contributed by atoms with Crippen LogP contribution in [0.1, 0.15) is 0 Å².